The van der Waals surface area contributed by atoms with E-state index < -0.39 is 0 Å². The molecular formula is C17H15N. The molecule has 0 saturated carbocycles. The topological polar surface area (TPSA) is 12.0 Å². The smallest absolute Gasteiger partial charge is 0.0765 e. The van der Waals surface area contributed by atoms with Crippen molar-refractivity contribution in [1.82, 2.24) is 0 Å². The van der Waals surface area contributed by atoms with Crippen molar-refractivity contribution >= 4 is 5.69 Å². The Kier molecular flexibility index (Phi) is 2.78. The summed E-state index contributed by atoms with van der Waals surface area (Å²) >= 11 is 0. The van der Waals surface area contributed by atoms with Crippen LogP contribution in [0.1, 0.15) is 18.1 Å². The summed E-state index contributed by atoms with van der Waals surface area (Å²) in [5.74, 6) is 5.91. The molecule has 0 atom stereocenters. The van der Waals surface area contributed by atoms with Gasteiger partial charge in [0.15, 0.2) is 0 Å². The quantitative estimate of drug-likeness (QED) is 0.666. The molecule has 0 spiro atoms. The minimum Gasteiger partial charge on any atom is -0.374 e. The Bertz CT molecular complexity index is 644. The van der Waals surface area contributed by atoms with Crippen LogP contribution in [0.2, 0.25) is 0 Å². The number of anilines is 1. The van der Waals surface area contributed by atoms with Gasteiger partial charge in [0.2, 0.25) is 0 Å². The molecule has 1 N–H and O–H groups in total. The van der Waals surface area contributed by atoms with E-state index in [-0.39, 0.29) is 0 Å². The van der Waals surface area contributed by atoms with Crippen LogP contribution in [0.15, 0.2) is 42.5 Å². The normalized spacial score (nSPS) is 11.2. The second-order valence-electron chi connectivity index (χ2n) is 4.49. The zero-order valence-corrected chi connectivity index (χ0v) is 10.5. The van der Waals surface area contributed by atoms with Gasteiger partial charge in [0.25, 0.3) is 0 Å². The molecule has 1 aliphatic rings. The molecule has 0 heterocycles. The van der Waals surface area contributed by atoms with E-state index >= 15 is 0 Å². The van der Waals surface area contributed by atoms with Gasteiger partial charge >= 0.3 is 0 Å². The maximum absolute atomic E-state index is 3.33. The maximum atomic E-state index is 3.33. The molecule has 0 bridgehead atoms. The van der Waals surface area contributed by atoms with Crippen LogP contribution in [0.4, 0.5) is 5.69 Å². The SMILES string of the molecule is CC#CCNc1ccc2c(c1)Cc1ccccc1-2. The molecular weight excluding hydrogens is 218 g/mol. The summed E-state index contributed by atoms with van der Waals surface area (Å²) in [6.45, 7) is 2.57. The lowest BCUT2D eigenvalue weighted by molar-refractivity contribution is 1.25. The highest BCUT2D eigenvalue weighted by Gasteiger charge is 2.17. The molecule has 2 aromatic rings. The molecule has 0 fully saturated rings. The average Bonchev–Trinajstić information content (AvgIpc) is 2.76. The number of hydrogen-bond donors (Lipinski definition) is 1. The Morgan fingerprint density at radius 2 is 1.89 bits per heavy atom. The number of rotatable bonds is 2. The first kappa shape index (κ1) is 10.9. The molecule has 0 amide bonds. The van der Waals surface area contributed by atoms with E-state index in [1.165, 1.54) is 22.3 Å². The van der Waals surface area contributed by atoms with E-state index in [9.17, 15) is 0 Å². The van der Waals surface area contributed by atoms with E-state index in [1.54, 1.807) is 0 Å². The minimum atomic E-state index is 0.711. The van der Waals surface area contributed by atoms with Gasteiger partial charge in [0.1, 0.15) is 0 Å². The third kappa shape index (κ3) is 1.87. The van der Waals surface area contributed by atoms with Crippen molar-refractivity contribution in [2.45, 2.75) is 13.3 Å². The van der Waals surface area contributed by atoms with E-state index in [0.717, 1.165) is 12.1 Å². The lowest BCUT2D eigenvalue weighted by atomic mass is 10.1. The summed E-state index contributed by atoms with van der Waals surface area (Å²) in [4.78, 5) is 0. The van der Waals surface area contributed by atoms with Gasteiger partial charge in [-0.05, 0) is 47.7 Å². The summed E-state index contributed by atoms with van der Waals surface area (Å²) in [5.41, 5.74) is 6.75. The van der Waals surface area contributed by atoms with Gasteiger partial charge in [-0.1, -0.05) is 36.3 Å². The van der Waals surface area contributed by atoms with Gasteiger partial charge < -0.3 is 5.32 Å². The van der Waals surface area contributed by atoms with Crippen molar-refractivity contribution in [3.8, 4) is 23.0 Å². The summed E-state index contributed by atoms with van der Waals surface area (Å²) in [6.07, 6.45) is 1.04. The van der Waals surface area contributed by atoms with E-state index in [0.29, 0.717) is 6.54 Å². The second-order valence-corrected chi connectivity index (χ2v) is 4.49. The number of fused-ring (bicyclic) bond motifs is 3. The first-order valence-electron chi connectivity index (χ1n) is 6.23. The van der Waals surface area contributed by atoms with Crippen molar-refractivity contribution in [1.29, 1.82) is 0 Å². The fourth-order valence-corrected chi connectivity index (χ4v) is 2.49. The van der Waals surface area contributed by atoms with Gasteiger partial charge in [0, 0.05) is 5.69 Å². The number of hydrogen-bond acceptors (Lipinski definition) is 1. The fraction of sp³-hybridized carbons (Fsp3) is 0.176. The van der Waals surface area contributed by atoms with Crippen LogP contribution in [0.3, 0.4) is 0 Å². The Morgan fingerprint density at radius 1 is 1.06 bits per heavy atom. The van der Waals surface area contributed by atoms with Gasteiger partial charge in [-0.2, -0.15) is 0 Å². The lowest BCUT2D eigenvalue weighted by Gasteiger charge is -2.05. The molecule has 88 valence electrons. The van der Waals surface area contributed by atoms with Crippen molar-refractivity contribution in [3.05, 3.63) is 53.6 Å². The third-order valence-corrected chi connectivity index (χ3v) is 3.35. The zero-order chi connectivity index (χ0) is 12.4. The van der Waals surface area contributed by atoms with E-state index in [2.05, 4.69) is 59.6 Å². The molecule has 0 unspecified atom stereocenters. The molecule has 1 aliphatic carbocycles. The van der Waals surface area contributed by atoms with Gasteiger partial charge in [-0.15, -0.1) is 5.92 Å². The second kappa shape index (κ2) is 4.58. The molecule has 1 nitrogen and oxygen atoms in total. The van der Waals surface area contributed by atoms with Crippen LogP contribution in [0.5, 0.6) is 0 Å². The van der Waals surface area contributed by atoms with Crippen molar-refractivity contribution in [3.63, 3.8) is 0 Å². The van der Waals surface area contributed by atoms with Gasteiger partial charge in [-0.25, -0.2) is 0 Å². The number of benzene rings is 2. The fourth-order valence-electron chi connectivity index (χ4n) is 2.49. The van der Waals surface area contributed by atoms with Crippen molar-refractivity contribution < 1.29 is 0 Å². The lowest BCUT2D eigenvalue weighted by Crippen LogP contribution is -1.98. The summed E-state index contributed by atoms with van der Waals surface area (Å²) in [5, 5.41) is 3.33. The van der Waals surface area contributed by atoms with Crippen molar-refractivity contribution in [2.24, 2.45) is 0 Å². The Balaban J connectivity index is 1.90. The molecule has 18 heavy (non-hydrogen) atoms. The molecule has 0 aliphatic heterocycles. The molecule has 0 aromatic heterocycles. The minimum absolute atomic E-state index is 0.711. The molecule has 2 aromatic carbocycles. The molecule has 3 rings (SSSR count). The Morgan fingerprint density at radius 3 is 2.78 bits per heavy atom. The zero-order valence-electron chi connectivity index (χ0n) is 10.5. The highest BCUT2D eigenvalue weighted by Crippen LogP contribution is 2.37. The predicted molar refractivity (Wildman–Crippen MR) is 76.6 cm³/mol. The maximum Gasteiger partial charge on any atom is 0.0765 e. The monoisotopic (exact) mass is 233 g/mol. The summed E-state index contributed by atoms with van der Waals surface area (Å²) in [7, 11) is 0. The van der Waals surface area contributed by atoms with Crippen LogP contribution >= 0.6 is 0 Å². The number of nitrogens with one attached hydrogen (secondary N) is 1. The average molecular weight is 233 g/mol. The molecule has 0 saturated heterocycles. The van der Waals surface area contributed by atoms with Crippen LogP contribution in [-0.4, -0.2) is 6.54 Å². The van der Waals surface area contributed by atoms with Gasteiger partial charge in [0.05, 0.1) is 6.54 Å². The Hall–Kier alpha value is -2.20. The first-order valence-corrected chi connectivity index (χ1v) is 6.23. The highest BCUT2D eigenvalue weighted by molar-refractivity contribution is 5.78. The summed E-state index contributed by atoms with van der Waals surface area (Å²) in [6, 6.07) is 15.2. The summed E-state index contributed by atoms with van der Waals surface area (Å²) < 4.78 is 0. The third-order valence-electron chi connectivity index (χ3n) is 3.35. The Labute approximate surface area is 108 Å². The van der Waals surface area contributed by atoms with Crippen LogP contribution in [0, 0.1) is 11.8 Å². The molecule has 0 radical (unpaired) electrons. The van der Waals surface area contributed by atoms with Crippen LogP contribution < -0.4 is 5.32 Å². The largest absolute Gasteiger partial charge is 0.374 e. The first-order chi connectivity index (χ1) is 8.88. The van der Waals surface area contributed by atoms with Crippen LogP contribution in [-0.2, 0) is 6.42 Å². The predicted octanol–water partition coefficient (Wildman–Crippen LogP) is 3.69. The van der Waals surface area contributed by atoms with Crippen molar-refractivity contribution in [2.75, 3.05) is 11.9 Å². The highest BCUT2D eigenvalue weighted by atomic mass is 14.8. The molecule has 1 heteroatoms. The van der Waals surface area contributed by atoms with E-state index in [4.69, 9.17) is 0 Å². The van der Waals surface area contributed by atoms with Gasteiger partial charge in [-0.3, -0.25) is 0 Å². The van der Waals surface area contributed by atoms with E-state index in [1.807, 2.05) is 6.92 Å². The van der Waals surface area contributed by atoms with Crippen LogP contribution in [0.25, 0.3) is 11.1 Å². The standard InChI is InChI=1S/C17H15N/c1-2-3-10-18-15-8-9-17-14(12-15)11-13-6-4-5-7-16(13)17/h4-9,12,18H,10-11H2,1H3.